The maximum Gasteiger partial charge on any atom is 0.234 e. The molecule has 0 spiro atoms. The molecule has 0 saturated heterocycles. The van der Waals surface area contributed by atoms with E-state index in [0.717, 1.165) is 11.4 Å². The fraction of sp³-hybridized carbons (Fsp3) is 0.250. The van der Waals surface area contributed by atoms with Crippen LogP contribution in [0, 0.1) is 13.8 Å². The fourth-order valence-corrected chi connectivity index (χ4v) is 4.28. The van der Waals surface area contributed by atoms with E-state index in [0.29, 0.717) is 10.8 Å². The molecule has 0 bridgehead atoms. The molecular weight excluding hydrogens is 468 g/mol. The number of nitrogens with one attached hydrogen (secondary N) is 1. The first-order valence-corrected chi connectivity index (χ1v) is 11.9. The third-order valence-electron chi connectivity index (χ3n) is 4.00. The standard InChI is InChI=1S/C20H22N6O5S2/c1-12-9-13(2)22-20(21-12)32-11-17(27)23-14-5-7-15(8-6-14)33(28,29)26-16-10-18(30-3)25-19(24-16)31-4/h5-10H,11H2,1-4H3,(H2,23,24,25,26,27)/p-1. The van der Waals surface area contributed by atoms with E-state index in [1.54, 1.807) is 0 Å². The van der Waals surface area contributed by atoms with Gasteiger partial charge in [0.1, 0.15) is 0 Å². The van der Waals surface area contributed by atoms with Crippen molar-refractivity contribution in [2.24, 2.45) is 0 Å². The van der Waals surface area contributed by atoms with Crippen molar-refractivity contribution >= 4 is 39.2 Å². The van der Waals surface area contributed by atoms with Crippen LogP contribution in [0.5, 0.6) is 11.9 Å². The van der Waals surface area contributed by atoms with Crippen LogP contribution in [0.2, 0.25) is 0 Å². The summed E-state index contributed by atoms with van der Waals surface area (Å²) in [4.78, 5) is 28.5. The van der Waals surface area contributed by atoms with Crippen LogP contribution in [-0.4, -0.2) is 54.2 Å². The summed E-state index contributed by atoms with van der Waals surface area (Å²) in [6.45, 7) is 3.72. The lowest BCUT2D eigenvalue weighted by Gasteiger charge is -2.17. The summed E-state index contributed by atoms with van der Waals surface area (Å²) < 4.78 is 38.9. The minimum absolute atomic E-state index is 0.0740. The Hall–Kier alpha value is -3.45. The molecule has 0 aliphatic heterocycles. The second-order valence-electron chi connectivity index (χ2n) is 6.62. The molecule has 1 aromatic carbocycles. The summed E-state index contributed by atoms with van der Waals surface area (Å²) in [5.74, 6) is -0.196. The third-order valence-corrected chi connectivity index (χ3v) is 6.15. The number of thioether (sulfide) groups is 1. The number of carbonyl (C=O) groups excluding carboxylic acids is 1. The van der Waals surface area contributed by atoms with Crippen LogP contribution in [-0.2, 0) is 14.8 Å². The molecule has 2 heterocycles. The molecule has 0 saturated carbocycles. The summed E-state index contributed by atoms with van der Waals surface area (Å²) in [5.41, 5.74) is 2.09. The maximum atomic E-state index is 12.6. The number of rotatable bonds is 9. The van der Waals surface area contributed by atoms with E-state index in [9.17, 15) is 13.2 Å². The maximum absolute atomic E-state index is 12.6. The highest BCUT2D eigenvalue weighted by Gasteiger charge is 2.12. The van der Waals surface area contributed by atoms with Gasteiger partial charge in [0.15, 0.2) is 5.16 Å². The molecule has 174 valence electrons. The number of methoxy groups -OCH3 is 2. The Balaban J connectivity index is 1.63. The number of sulfonamides is 1. The van der Waals surface area contributed by atoms with Crippen molar-refractivity contribution in [3.8, 4) is 11.9 Å². The molecule has 1 N–H and O–H groups in total. The zero-order valence-electron chi connectivity index (χ0n) is 18.3. The highest BCUT2D eigenvalue weighted by molar-refractivity contribution is 7.99. The van der Waals surface area contributed by atoms with E-state index in [-0.39, 0.29) is 34.3 Å². The van der Waals surface area contributed by atoms with Gasteiger partial charge in [-0.1, -0.05) is 11.8 Å². The number of ether oxygens (including phenoxy) is 2. The Morgan fingerprint density at radius 3 is 2.27 bits per heavy atom. The van der Waals surface area contributed by atoms with Gasteiger partial charge in [0, 0.05) is 23.1 Å². The van der Waals surface area contributed by atoms with Crippen LogP contribution in [0.25, 0.3) is 4.72 Å². The van der Waals surface area contributed by atoms with Crippen molar-refractivity contribution in [1.29, 1.82) is 0 Å². The summed E-state index contributed by atoms with van der Waals surface area (Å²) in [6, 6.07) is 8.66. The number of nitrogens with zero attached hydrogens (tertiary/aromatic N) is 5. The summed E-state index contributed by atoms with van der Waals surface area (Å²) >= 11 is 1.21. The predicted molar refractivity (Wildman–Crippen MR) is 123 cm³/mol. The number of carbonyl (C=O) groups is 1. The second kappa shape index (κ2) is 10.4. The molecule has 3 aromatic rings. The highest BCUT2D eigenvalue weighted by atomic mass is 32.2. The van der Waals surface area contributed by atoms with Crippen LogP contribution in [0.4, 0.5) is 11.5 Å². The van der Waals surface area contributed by atoms with Crippen molar-refractivity contribution in [2.45, 2.75) is 23.9 Å². The van der Waals surface area contributed by atoms with Gasteiger partial charge in [-0.25, -0.2) is 18.4 Å². The number of benzene rings is 1. The first-order valence-electron chi connectivity index (χ1n) is 9.48. The minimum Gasteiger partial charge on any atom is -0.483 e. The van der Waals surface area contributed by atoms with Crippen LogP contribution in [0.15, 0.2) is 46.5 Å². The Morgan fingerprint density at radius 1 is 1.00 bits per heavy atom. The largest absolute Gasteiger partial charge is 0.483 e. The fourth-order valence-electron chi connectivity index (χ4n) is 2.61. The first-order chi connectivity index (χ1) is 15.7. The SMILES string of the molecule is COc1cc([N-]S(=O)(=O)c2ccc(NC(=O)CSc3nc(C)cc(C)n3)cc2)nc(OC)n1. The summed E-state index contributed by atoms with van der Waals surface area (Å²) in [6.07, 6.45) is 0. The monoisotopic (exact) mass is 489 g/mol. The van der Waals surface area contributed by atoms with Crippen LogP contribution in [0.3, 0.4) is 0 Å². The number of aryl methyl sites for hydroxylation is 2. The molecule has 0 fully saturated rings. The van der Waals surface area contributed by atoms with Crippen molar-refractivity contribution in [1.82, 2.24) is 19.9 Å². The zero-order chi connectivity index (χ0) is 24.0. The number of hydrogen-bond acceptors (Lipinski definition) is 10. The van der Waals surface area contributed by atoms with Gasteiger partial charge >= 0.3 is 0 Å². The number of amides is 1. The van der Waals surface area contributed by atoms with Crippen LogP contribution in [0.1, 0.15) is 11.4 Å². The number of aromatic nitrogens is 4. The Morgan fingerprint density at radius 2 is 1.67 bits per heavy atom. The van der Waals surface area contributed by atoms with E-state index in [1.807, 2.05) is 19.9 Å². The lowest BCUT2D eigenvalue weighted by Crippen LogP contribution is -2.14. The average molecular weight is 490 g/mol. The van der Waals surface area contributed by atoms with Gasteiger partial charge in [-0.3, -0.25) is 4.79 Å². The van der Waals surface area contributed by atoms with E-state index < -0.39 is 10.0 Å². The molecule has 0 radical (unpaired) electrons. The number of hydrogen-bond donors (Lipinski definition) is 1. The van der Waals surface area contributed by atoms with Gasteiger partial charge in [-0.15, -0.1) is 0 Å². The highest BCUT2D eigenvalue weighted by Crippen LogP contribution is 2.30. The van der Waals surface area contributed by atoms with Crippen molar-refractivity contribution in [3.05, 3.63) is 52.5 Å². The van der Waals surface area contributed by atoms with Crippen LogP contribution >= 0.6 is 11.8 Å². The predicted octanol–water partition coefficient (Wildman–Crippen LogP) is 3.03. The van der Waals surface area contributed by atoms with E-state index in [4.69, 9.17) is 9.47 Å². The van der Waals surface area contributed by atoms with Gasteiger partial charge in [-0.05, 0) is 50.0 Å². The van der Waals surface area contributed by atoms with Crippen molar-refractivity contribution in [2.75, 3.05) is 25.3 Å². The summed E-state index contributed by atoms with van der Waals surface area (Å²) in [7, 11) is -1.36. The van der Waals surface area contributed by atoms with E-state index in [1.165, 1.54) is 56.3 Å². The topological polar surface area (TPSA) is 147 Å². The third kappa shape index (κ3) is 6.76. The zero-order valence-corrected chi connectivity index (χ0v) is 19.9. The molecule has 0 atom stereocenters. The average Bonchev–Trinajstić information content (AvgIpc) is 2.77. The molecule has 33 heavy (non-hydrogen) atoms. The lowest BCUT2D eigenvalue weighted by atomic mass is 10.3. The molecular formula is C20H21N6O5S2-. The Bertz CT molecular complexity index is 1210. The molecule has 3 rings (SSSR count). The van der Waals surface area contributed by atoms with Crippen molar-refractivity contribution in [3.63, 3.8) is 0 Å². The molecule has 2 aromatic heterocycles. The number of anilines is 1. The molecule has 1 amide bonds. The molecule has 13 heteroatoms. The van der Waals surface area contributed by atoms with Gasteiger partial charge in [-0.2, -0.15) is 4.98 Å². The summed E-state index contributed by atoms with van der Waals surface area (Å²) in [5, 5.41) is 3.22. The van der Waals surface area contributed by atoms with Gasteiger partial charge in [0.2, 0.25) is 27.8 Å². The van der Waals surface area contributed by atoms with Gasteiger partial charge in [0.25, 0.3) is 0 Å². The van der Waals surface area contributed by atoms with Crippen molar-refractivity contribution < 1.29 is 22.7 Å². The smallest absolute Gasteiger partial charge is 0.234 e. The Kier molecular flexibility index (Phi) is 7.66. The molecule has 11 nitrogen and oxygen atoms in total. The second-order valence-corrected chi connectivity index (χ2v) is 9.16. The molecule has 0 unspecified atom stereocenters. The van der Waals surface area contributed by atoms with Gasteiger partial charge in [0.05, 0.1) is 24.9 Å². The molecule has 0 aliphatic carbocycles. The Labute approximate surface area is 195 Å². The normalized spacial score (nSPS) is 11.0. The lowest BCUT2D eigenvalue weighted by molar-refractivity contribution is -0.113. The molecule has 0 aliphatic rings. The van der Waals surface area contributed by atoms with E-state index >= 15 is 0 Å². The van der Waals surface area contributed by atoms with Gasteiger partial charge < -0.3 is 24.5 Å². The van der Waals surface area contributed by atoms with Crippen LogP contribution < -0.4 is 14.8 Å². The van der Waals surface area contributed by atoms with E-state index in [2.05, 4.69) is 30.0 Å². The quantitative estimate of drug-likeness (QED) is 0.351. The first kappa shape index (κ1) is 24.2. The minimum atomic E-state index is -4.07.